The molecule has 1 fully saturated rings. The third kappa shape index (κ3) is 7.86. The normalized spacial score (nSPS) is 17.6. The van der Waals surface area contributed by atoms with E-state index in [1.807, 2.05) is 0 Å². The van der Waals surface area contributed by atoms with Gasteiger partial charge in [-0.15, -0.1) is 0 Å². The van der Waals surface area contributed by atoms with Crippen molar-refractivity contribution in [1.82, 2.24) is 0 Å². The quantitative estimate of drug-likeness (QED) is 0.154. The van der Waals surface area contributed by atoms with E-state index >= 15 is 4.39 Å². The topological polar surface area (TPSA) is 18.5 Å². The summed E-state index contributed by atoms with van der Waals surface area (Å²) in [5.41, 5.74) is -4.55. The molecule has 1 aliphatic rings. The largest absolute Gasteiger partial charge is 0.432 e. The Morgan fingerprint density at radius 2 is 1.34 bits per heavy atom. The monoisotopic (exact) mass is 636 g/mol. The average molecular weight is 637 g/mol. The first-order valence-corrected chi connectivity index (χ1v) is 14.2. The molecule has 4 rings (SSSR count). The number of alkyl halides is 5. The maximum absolute atomic E-state index is 15.1. The zero-order valence-electron chi connectivity index (χ0n) is 23.7. The maximum atomic E-state index is 15.1. The third-order valence-corrected chi connectivity index (χ3v) is 7.64. The van der Waals surface area contributed by atoms with Gasteiger partial charge >= 0.3 is 12.3 Å². The molecule has 2 atom stereocenters. The minimum Gasteiger partial charge on any atom is -0.429 e. The second-order valence-electron chi connectivity index (χ2n) is 10.9. The summed E-state index contributed by atoms with van der Waals surface area (Å²) in [6.07, 6.45) is -2.26. The van der Waals surface area contributed by atoms with E-state index in [0.29, 0.717) is 36.6 Å². The fraction of sp³-hybridized carbons (Fsp3) is 0.438. The van der Waals surface area contributed by atoms with Crippen molar-refractivity contribution in [3.63, 3.8) is 0 Å². The lowest BCUT2D eigenvalue weighted by Crippen LogP contribution is -2.25. The summed E-state index contributed by atoms with van der Waals surface area (Å²) < 4.78 is 150. The number of benzene rings is 3. The number of rotatable bonds is 11. The van der Waals surface area contributed by atoms with Gasteiger partial charge < -0.3 is 9.47 Å². The second-order valence-corrected chi connectivity index (χ2v) is 10.9. The molecule has 2 nitrogen and oxygen atoms in total. The van der Waals surface area contributed by atoms with E-state index in [-0.39, 0.29) is 23.8 Å². The summed E-state index contributed by atoms with van der Waals surface area (Å²) in [7, 11) is 0. The highest BCUT2D eigenvalue weighted by molar-refractivity contribution is 5.65. The Morgan fingerprint density at radius 1 is 0.727 bits per heavy atom. The molecule has 0 bridgehead atoms. The van der Waals surface area contributed by atoms with Crippen LogP contribution in [0.25, 0.3) is 11.1 Å². The summed E-state index contributed by atoms with van der Waals surface area (Å²) in [6, 6.07) is 4.37. The van der Waals surface area contributed by atoms with Crippen molar-refractivity contribution >= 4 is 0 Å². The first kappa shape index (κ1) is 33.6. The van der Waals surface area contributed by atoms with Crippen LogP contribution in [0.2, 0.25) is 0 Å². The van der Waals surface area contributed by atoms with E-state index in [1.165, 1.54) is 37.8 Å². The van der Waals surface area contributed by atoms with Crippen molar-refractivity contribution in [3.8, 4) is 16.9 Å². The van der Waals surface area contributed by atoms with E-state index < -0.39 is 63.8 Å². The van der Waals surface area contributed by atoms with Crippen LogP contribution in [0, 0.1) is 35.0 Å². The Labute approximate surface area is 248 Å². The zero-order chi connectivity index (χ0) is 32.2. The van der Waals surface area contributed by atoms with Gasteiger partial charge in [0.1, 0.15) is 46.0 Å². The molecule has 1 saturated heterocycles. The first-order chi connectivity index (χ1) is 20.7. The summed E-state index contributed by atoms with van der Waals surface area (Å²) in [6.45, 7) is 2.68. The number of unbranched alkanes of at least 4 members (excludes halogenated alkanes) is 4. The average Bonchev–Trinajstić information content (AvgIpc) is 2.91. The van der Waals surface area contributed by atoms with Crippen molar-refractivity contribution in [1.29, 1.82) is 0 Å². The van der Waals surface area contributed by atoms with Crippen LogP contribution in [-0.4, -0.2) is 6.61 Å². The van der Waals surface area contributed by atoms with Crippen LogP contribution < -0.4 is 4.74 Å². The first-order valence-electron chi connectivity index (χ1n) is 14.2. The second kappa shape index (κ2) is 13.8. The Bertz CT molecular complexity index is 1400. The molecule has 0 N–H and O–H groups in total. The Kier molecular flexibility index (Phi) is 10.5. The molecule has 3 aromatic rings. The van der Waals surface area contributed by atoms with Gasteiger partial charge in [0.15, 0.2) is 0 Å². The molecule has 0 radical (unpaired) electrons. The van der Waals surface area contributed by atoms with Crippen LogP contribution in [0.15, 0.2) is 42.5 Å². The predicted molar refractivity (Wildman–Crippen MR) is 142 cm³/mol. The highest BCUT2D eigenvalue weighted by atomic mass is 19.4. The van der Waals surface area contributed by atoms with E-state index in [4.69, 9.17) is 4.74 Å². The predicted octanol–water partition coefficient (Wildman–Crippen LogP) is 11.0. The SMILES string of the molecule is CCCCCCCC1CCC(c2ccc(-c3cc(F)c(C(F)(F)Oc4cc(F)c(C(F)(F)F)c(F)c4)c(F)c3)c(F)c2)OC1. The summed E-state index contributed by atoms with van der Waals surface area (Å²) in [5, 5.41) is 0. The third-order valence-electron chi connectivity index (χ3n) is 7.64. The smallest absolute Gasteiger partial charge is 0.429 e. The van der Waals surface area contributed by atoms with Gasteiger partial charge in [0.2, 0.25) is 0 Å². The lowest BCUT2D eigenvalue weighted by atomic mass is 9.90. The van der Waals surface area contributed by atoms with Crippen LogP contribution in [0.1, 0.15) is 81.1 Å². The van der Waals surface area contributed by atoms with Gasteiger partial charge in [0, 0.05) is 17.7 Å². The lowest BCUT2D eigenvalue weighted by molar-refractivity contribution is -0.189. The Balaban J connectivity index is 1.47. The van der Waals surface area contributed by atoms with Crippen molar-refractivity contribution < 1.29 is 53.4 Å². The Morgan fingerprint density at radius 3 is 1.89 bits per heavy atom. The standard InChI is InChI=1S/C32H30F10O2/c1-2-3-4-5-6-7-18-8-11-28(43-17-18)19-9-10-22(23(33)12-19)20-13-24(34)30(25(35)14-20)32(41,42)44-21-15-26(36)29(27(37)16-21)31(38,39)40/h9-10,12-16,18,28H,2-8,11,17H2,1H3. The Hall–Kier alpha value is -3.28. The van der Waals surface area contributed by atoms with Crippen LogP contribution >= 0.6 is 0 Å². The molecule has 0 aliphatic carbocycles. The van der Waals surface area contributed by atoms with E-state index in [0.717, 1.165) is 25.3 Å². The van der Waals surface area contributed by atoms with Gasteiger partial charge in [-0.3, -0.25) is 0 Å². The molecule has 3 aromatic carbocycles. The number of hydrogen-bond acceptors (Lipinski definition) is 2. The molecule has 0 aromatic heterocycles. The molecule has 2 unspecified atom stereocenters. The van der Waals surface area contributed by atoms with Crippen molar-refractivity contribution in [3.05, 3.63) is 88.2 Å². The van der Waals surface area contributed by atoms with E-state index in [1.54, 1.807) is 0 Å². The molecule has 0 amide bonds. The maximum Gasteiger partial charge on any atom is 0.432 e. The molecule has 1 aliphatic heterocycles. The molecule has 0 spiro atoms. The molecule has 1 heterocycles. The van der Waals surface area contributed by atoms with Crippen LogP contribution in [0.5, 0.6) is 5.75 Å². The zero-order valence-corrected chi connectivity index (χ0v) is 23.7. The summed E-state index contributed by atoms with van der Waals surface area (Å²) >= 11 is 0. The number of hydrogen-bond donors (Lipinski definition) is 0. The highest BCUT2D eigenvalue weighted by Crippen LogP contribution is 2.41. The van der Waals surface area contributed by atoms with Crippen LogP contribution in [0.4, 0.5) is 43.9 Å². The van der Waals surface area contributed by atoms with Gasteiger partial charge in [-0.25, -0.2) is 22.0 Å². The van der Waals surface area contributed by atoms with Gasteiger partial charge in [-0.1, -0.05) is 51.2 Å². The molecule has 240 valence electrons. The van der Waals surface area contributed by atoms with E-state index in [2.05, 4.69) is 11.7 Å². The fourth-order valence-electron chi connectivity index (χ4n) is 5.38. The van der Waals surface area contributed by atoms with Crippen molar-refractivity contribution in [2.24, 2.45) is 5.92 Å². The molecular weight excluding hydrogens is 606 g/mol. The van der Waals surface area contributed by atoms with E-state index in [9.17, 15) is 39.5 Å². The van der Waals surface area contributed by atoms with Crippen molar-refractivity contribution in [2.45, 2.75) is 76.7 Å². The van der Waals surface area contributed by atoms with Gasteiger partial charge in [0.25, 0.3) is 0 Å². The minimum atomic E-state index is -5.48. The number of halogens is 10. The number of ether oxygens (including phenoxy) is 2. The summed E-state index contributed by atoms with van der Waals surface area (Å²) in [4.78, 5) is 0. The highest BCUT2D eigenvalue weighted by Gasteiger charge is 2.43. The summed E-state index contributed by atoms with van der Waals surface area (Å²) in [5.74, 6) is -10.2. The van der Waals surface area contributed by atoms with Crippen LogP contribution in [-0.2, 0) is 17.0 Å². The fourth-order valence-corrected chi connectivity index (χ4v) is 5.38. The van der Waals surface area contributed by atoms with Crippen molar-refractivity contribution in [2.75, 3.05) is 6.61 Å². The molecule has 12 heteroatoms. The molecular formula is C32H30F10O2. The molecule has 0 saturated carbocycles. The van der Waals surface area contributed by atoms with Gasteiger partial charge in [-0.05, 0) is 54.5 Å². The molecule has 44 heavy (non-hydrogen) atoms. The van der Waals surface area contributed by atoms with Gasteiger partial charge in [-0.2, -0.15) is 22.0 Å². The van der Waals surface area contributed by atoms with Gasteiger partial charge in [0.05, 0.1) is 12.7 Å². The lowest BCUT2D eigenvalue weighted by Gasteiger charge is -2.29. The minimum absolute atomic E-state index is 0.189. The van der Waals surface area contributed by atoms with Crippen LogP contribution in [0.3, 0.4) is 0 Å².